The number of esters is 1. The van der Waals surface area contributed by atoms with Crippen molar-refractivity contribution in [2.24, 2.45) is 5.41 Å². The summed E-state index contributed by atoms with van der Waals surface area (Å²) in [7, 11) is 22.3. The number of nitrogens with one attached hydrogen (secondary N) is 1. The molecule has 3 fully saturated rings. The van der Waals surface area contributed by atoms with Crippen LogP contribution in [0.1, 0.15) is 79.8 Å². The number of aromatic nitrogens is 2. The van der Waals surface area contributed by atoms with E-state index in [2.05, 4.69) is 57.9 Å². The summed E-state index contributed by atoms with van der Waals surface area (Å²) in [5, 5.41) is -0.00931. The van der Waals surface area contributed by atoms with Gasteiger partial charge in [0.25, 0.3) is 0 Å². The maximum atomic E-state index is 12.6. The molecular weight excluding hydrogens is 569 g/mol. The van der Waals surface area contributed by atoms with Crippen molar-refractivity contribution in [3.63, 3.8) is 0 Å². The number of piperidine rings is 1. The van der Waals surface area contributed by atoms with Crippen molar-refractivity contribution < 1.29 is 14.3 Å². The van der Waals surface area contributed by atoms with Crippen LogP contribution >= 0.6 is 0 Å². The van der Waals surface area contributed by atoms with Crippen LogP contribution in [0.3, 0.4) is 0 Å². The summed E-state index contributed by atoms with van der Waals surface area (Å²) in [6.07, 6.45) is 9.07. The SMILES string of the molecule is [B]C1([B])CCC([B])(c2ccccc2C(C)C)N1C1CC2(CCN(c3ccc(C(=O)OC)c(Oc4cnc5[nH]ccc5c4)c3)CC2)C1. The molecule has 2 saturated heterocycles. The number of ether oxygens (including phenoxy) is 2. The van der Waals surface area contributed by atoms with Gasteiger partial charge < -0.3 is 24.3 Å². The third-order valence-electron chi connectivity index (χ3n) is 10.7. The van der Waals surface area contributed by atoms with Gasteiger partial charge in [-0.15, -0.1) is 0 Å². The first-order chi connectivity index (χ1) is 22.0. The highest BCUT2D eigenvalue weighted by molar-refractivity contribution is 6.40. The molecule has 1 saturated carbocycles. The number of carbonyl (C=O) groups is 1. The second-order valence-electron chi connectivity index (χ2n) is 13.9. The number of pyridine rings is 1. The molecule has 1 atom stereocenters. The maximum Gasteiger partial charge on any atom is 0.341 e. The van der Waals surface area contributed by atoms with Crippen molar-refractivity contribution in [1.29, 1.82) is 0 Å². The Labute approximate surface area is 275 Å². The number of nitrogens with zero attached hydrogens (tertiary/aromatic N) is 3. The summed E-state index contributed by atoms with van der Waals surface area (Å²) < 4.78 is 11.3. The predicted molar refractivity (Wildman–Crippen MR) is 184 cm³/mol. The Morgan fingerprint density at radius 2 is 1.76 bits per heavy atom. The first kappa shape index (κ1) is 31.0. The van der Waals surface area contributed by atoms with Crippen LogP contribution in [0.4, 0.5) is 5.69 Å². The number of rotatable bonds is 7. The summed E-state index contributed by atoms with van der Waals surface area (Å²) in [4.78, 5) is 24.8. The average Bonchev–Trinajstić information content (AvgIpc) is 3.60. The lowest BCUT2D eigenvalue weighted by molar-refractivity contribution is -0.0446. The highest BCUT2D eigenvalue weighted by Crippen LogP contribution is 2.57. The van der Waals surface area contributed by atoms with Crippen LogP contribution in [-0.2, 0) is 10.2 Å². The van der Waals surface area contributed by atoms with Crippen molar-refractivity contribution in [1.82, 2.24) is 14.9 Å². The summed E-state index contributed by atoms with van der Waals surface area (Å²) in [6.45, 7) is 6.23. The van der Waals surface area contributed by atoms with Crippen molar-refractivity contribution in [2.45, 2.75) is 75.1 Å². The van der Waals surface area contributed by atoms with E-state index in [0.717, 1.165) is 67.5 Å². The molecule has 1 N–H and O–H groups in total. The minimum Gasteiger partial charge on any atom is -0.465 e. The molecular formula is C36H39B3N4O3. The predicted octanol–water partition coefficient (Wildman–Crippen LogP) is 6.12. The molecule has 4 heterocycles. The molecule has 230 valence electrons. The maximum absolute atomic E-state index is 12.6. The number of benzene rings is 2. The third kappa shape index (κ3) is 5.32. The fourth-order valence-corrected chi connectivity index (χ4v) is 8.27. The summed E-state index contributed by atoms with van der Waals surface area (Å²) in [5.74, 6) is 0.910. The molecule has 2 aliphatic heterocycles. The van der Waals surface area contributed by atoms with Crippen LogP contribution in [0.15, 0.2) is 67.0 Å². The average molecular weight is 608 g/mol. The van der Waals surface area contributed by atoms with Gasteiger partial charge in [0, 0.05) is 47.9 Å². The van der Waals surface area contributed by atoms with Gasteiger partial charge in [0.15, 0.2) is 0 Å². The van der Waals surface area contributed by atoms with Crippen LogP contribution in [-0.4, -0.2) is 76.0 Å². The molecule has 46 heavy (non-hydrogen) atoms. The van der Waals surface area contributed by atoms with E-state index >= 15 is 0 Å². The molecule has 2 aromatic heterocycles. The molecule has 0 amide bonds. The fraction of sp³-hybridized carbons (Fsp3) is 0.444. The van der Waals surface area contributed by atoms with Crippen LogP contribution in [0.2, 0.25) is 0 Å². The number of anilines is 1. The molecule has 6 radical (unpaired) electrons. The number of fused-ring (bicyclic) bond motifs is 1. The molecule has 10 heteroatoms. The van der Waals surface area contributed by atoms with E-state index in [0.29, 0.717) is 29.4 Å². The van der Waals surface area contributed by atoms with Gasteiger partial charge in [-0.25, -0.2) is 9.78 Å². The number of hydrogen-bond acceptors (Lipinski definition) is 6. The summed E-state index contributed by atoms with van der Waals surface area (Å²) >= 11 is 0. The van der Waals surface area contributed by atoms with Gasteiger partial charge >= 0.3 is 5.97 Å². The molecule has 1 aliphatic carbocycles. The Balaban J connectivity index is 1.06. The monoisotopic (exact) mass is 608 g/mol. The number of hydrogen-bond donors (Lipinski definition) is 1. The normalized spacial score (nSPS) is 22.7. The van der Waals surface area contributed by atoms with Crippen LogP contribution < -0.4 is 9.64 Å². The van der Waals surface area contributed by atoms with Gasteiger partial charge in [0.1, 0.15) is 30.6 Å². The Hall–Kier alpha value is -3.65. The van der Waals surface area contributed by atoms with E-state index < -0.39 is 16.7 Å². The molecule has 7 rings (SSSR count). The van der Waals surface area contributed by atoms with Gasteiger partial charge in [-0.05, 0) is 85.3 Å². The molecule has 1 unspecified atom stereocenters. The second kappa shape index (κ2) is 11.6. The minimum atomic E-state index is -0.940. The number of carbonyl (C=O) groups excluding carboxylic acids is 1. The van der Waals surface area contributed by atoms with Crippen LogP contribution in [0, 0.1) is 5.41 Å². The third-order valence-corrected chi connectivity index (χ3v) is 10.7. The van der Waals surface area contributed by atoms with E-state index in [1.807, 2.05) is 30.5 Å². The minimum absolute atomic E-state index is 0.236. The molecule has 4 aromatic rings. The largest absolute Gasteiger partial charge is 0.465 e. The lowest BCUT2D eigenvalue weighted by Crippen LogP contribution is -2.65. The van der Waals surface area contributed by atoms with E-state index in [1.54, 1.807) is 12.3 Å². The Morgan fingerprint density at radius 1 is 1.00 bits per heavy atom. The topological polar surface area (TPSA) is 70.7 Å². The Bertz CT molecular complexity index is 1760. The van der Waals surface area contributed by atoms with Crippen molar-refractivity contribution in [3.8, 4) is 11.5 Å². The second-order valence-corrected chi connectivity index (χ2v) is 13.9. The molecule has 7 nitrogen and oxygen atoms in total. The first-order valence-electron chi connectivity index (χ1n) is 16.4. The summed E-state index contributed by atoms with van der Waals surface area (Å²) in [5.41, 5.74) is 4.13. The quantitative estimate of drug-likeness (QED) is 0.202. The van der Waals surface area contributed by atoms with Crippen molar-refractivity contribution in [3.05, 3.63) is 83.7 Å². The number of H-pyrrole nitrogens is 1. The first-order valence-corrected chi connectivity index (χ1v) is 16.4. The molecule has 0 bridgehead atoms. The van der Waals surface area contributed by atoms with Crippen molar-refractivity contribution >= 4 is 46.2 Å². The lowest BCUT2D eigenvalue weighted by atomic mass is 9.54. The lowest BCUT2D eigenvalue weighted by Gasteiger charge is -2.61. The molecule has 2 aromatic carbocycles. The fourth-order valence-electron chi connectivity index (χ4n) is 8.27. The van der Waals surface area contributed by atoms with E-state index in [9.17, 15) is 4.79 Å². The number of methoxy groups -OCH3 is 1. The molecule has 1 spiro atoms. The smallest absolute Gasteiger partial charge is 0.341 e. The zero-order valence-electron chi connectivity index (χ0n) is 27.0. The van der Waals surface area contributed by atoms with Crippen LogP contribution in [0.5, 0.6) is 11.5 Å². The highest BCUT2D eigenvalue weighted by atomic mass is 16.5. The Morgan fingerprint density at radius 3 is 2.50 bits per heavy atom. The van der Waals surface area contributed by atoms with Gasteiger partial charge in [-0.1, -0.05) is 43.5 Å². The van der Waals surface area contributed by atoms with E-state index in [4.69, 9.17) is 33.0 Å². The van der Waals surface area contributed by atoms with Gasteiger partial charge in [0.2, 0.25) is 0 Å². The molecule has 3 aliphatic rings. The van der Waals surface area contributed by atoms with Crippen molar-refractivity contribution in [2.75, 3.05) is 25.1 Å². The van der Waals surface area contributed by atoms with Gasteiger partial charge in [-0.2, -0.15) is 0 Å². The standard InChI is InChI=1S/C36H39B3N4O3/c1-23(2)28-6-4-5-7-30(28)35(37)11-12-36(38,39)43(35)26-20-34(21-26)13-16-42(17-14-34)25-8-9-29(33(44)45-3)31(19-25)46-27-18-24-10-15-40-32(24)41-22-27/h4-10,15,18-19,22-23,26H,11-14,16-17,20-21H2,1-3H3,(H,40,41). The highest BCUT2D eigenvalue weighted by Gasteiger charge is 2.57. The summed E-state index contributed by atoms with van der Waals surface area (Å²) in [6, 6.07) is 18.3. The van der Waals surface area contributed by atoms with Gasteiger partial charge in [0.05, 0.1) is 29.0 Å². The van der Waals surface area contributed by atoms with E-state index in [1.165, 1.54) is 12.7 Å². The number of aromatic amines is 1. The number of likely N-dealkylation sites (tertiary alicyclic amines) is 1. The Kier molecular flexibility index (Phi) is 7.78. The van der Waals surface area contributed by atoms with E-state index in [-0.39, 0.29) is 11.5 Å². The van der Waals surface area contributed by atoms with Gasteiger partial charge in [-0.3, -0.25) is 0 Å². The zero-order valence-corrected chi connectivity index (χ0v) is 27.0. The van der Waals surface area contributed by atoms with Crippen LogP contribution in [0.25, 0.3) is 11.0 Å². The zero-order chi connectivity index (χ0) is 32.3.